The first kappa shape index (κ1) is 18.6. The second-order valence-electron chi connectivity index (χ2n) is 5.98. The number of alkyl halides is 4. The van der Waals surface area contributed by atoms with E-state index in [0.29, 0.717) is 25.9 Å². The van der Waals surface area contributed by atoms with E-state index in [-0.39, 0.29) is 0 Å². The van der Waals surface area contributed by atoms with E-state index in [1.807, 2.05) is 18.2 Å². The molecular weight excluding hydrogens is 326 g/mol. The van der Waals surface area contributed by atoms with E-state index in [4.69, 9.17) is 0 Å². The molecule has 8 heteroatoms. The summed E-state index contributed by atoms with van der Waals surface area (Å²) in [6, 6.07) is 5.26. The maximum absolute atomic E-state index is 13.2. The van der Waals surface area contributed by atoms with E-state index in [0.717, 1.165) is 23.6 Å². The number of carbonyl (C=O) groups is 1. The molecule has 0 bridgehead atoms. The Morgan fingerprint density at radius 3 is 2.58 bits per heavy atom. The predicted molar refractivity (Wildman–Crippen MR) is 81.1 cm³/mol. The van der Waals surface area contributed by atoms with Crippen LogP contribution in [-0.2, 0) is 11.2 Å². The average molecular weight is 347 g/mol. The Balaban J connectivity index is 1.80. The highest BCUT2D eigenvalue weighted by Crippen LogP contribution is 2.27. The smallest absolute Gasteiger partial charge is 0.337 e. The normalized spacial score (nSPS) is 17.2. The number of hydrogen-bond acceptors (Lipinski definition) is 3. The van der Waals surface area contributed by atoms with E-state index >= 15 is 0 Å². The number of nitrogens with zero attached hydrogens (tertiary/aromatic N) is 3. The van der Waals surface area contributed by atoms with Crippen LogP contribution in [0.3, 0.4) is 0 Å². The van der Waals surface area contributed by atoms with Crippen molar-refractivity contribution in [3.8, 4) is 0 Å². The maximum atomic E-state index is 13.2. The lowest BCUT2D eigenvalue weighted by atomic mass is 10.0. The van der Waals surface area contributed by atoms with Crippen LogP contribution in [0.4, 0.5) is 17.6 Å². The van der Waals surface area contributed by atoms with Gasteiger partial charge in [0.1, 0.15) is 0 Å². The number of halogens is 4. The number of aromatic nitrogens is 1. The summed E-state index contributed by atoms with van der Waals surface area (Å²) in [7, 11) is 1.17. The van der Waals surface area contributed by atoms with E-state index in [1.54, 1.807) is 6.20 Å². The SMILES string of the molecule is CN(C(=O)C(F)(F)C(F)F)C1CCN(CCc2ccccn2)CC1. The quantitative estimate of drug-likeness (QED) is 0.742. The van der Waals surface area contributed by atoms with Gasteiger partial charge >= 0.3 is 12.3 Å². The minimum Gasteiger partial charge on any atom is -0.337 e. The molecule has 1 aromatic heterocycles. The van der Waals surface area contributed by atoms with Crippen LogP contribution in [0.1, 0.15) is 18.5 Å². The fourth-order valence-electron chi connectivity index (χ4n) is 2.84. The molecule has 0 spiro atoms. The Kier molecular flexibility index (Phi) is 6.15. The van der Waals surface area contributed by atoms with Crippen LogP contribution >= 0.6 is 0 Å². The number of pyridine rings is 1. The number of hydrogen-bond donors (Lipinski definition) is 0. The summed E-state index contributed by atoms with van der Waals surface area (Å²) >= 11 is 0. The summed E-state index contributed by atoms with van der Waals surface area (Å²) in [5.41, 5.74) is 0.975. The molecule has 0 N–H and O–H groups in total. The van der Waals surface area contributed by atoms with Crippen molar-refractivity contribution in [3.63, 3.8) is 0 Å². The zero-order chi connectivity index (χ0) is 17.7. The molecule has 134 valence electrons. The topological polar surface area (TPSA) is 36.4 Å². The Morgan fingerprint density at radius 2 is 2.04 bits per heavy atom. The van der Waals surface area contributed by atoms with Gasteiger partial charge in [0.15, 0.2) is 0 Å². The van der Waals surface area contributed by atoms with E-state index in [2.05, 4.69) is 9.88 Å². The summed E-state index contributed by atoms with van der Waals surface area (Å²) in [5, 5.41) is 0. The molecule has 0 radical (unpaired) electrons. The Morgan fingerprint density at radius 1 is 1.38 bits per heavy atom. The summed E-state index contributed by atoms with van der Waals surface area (Å²) in [4.78, 5) is 18.8. The third-order valence-electron chi connectivity index (χ3n) is 4.39. The molecule has 0 saturated carbocycles. The van der Waals surface area contributed by atoms with Crippen molar-refractivity contribution in [1.29, 1.82) is 0 Å². The van der Waals surface area contributed by atoms with Crippen molar-refractivity contribution >= 4 is 5.91 Å². The molecule has 1 aromatic rings. The van der Waals surface area contributed by atoms with Gasteiger partial charge in [-0.1, -0.05) is 6.07 Å². The molecule has 1 aliphatic rings. The lowest BCUT2D eigenvalue weighted by Gasteiger charge is -2.37. The first-order valence-corrected chi connectivity index (χ1v) is 7.88. The zero-order valence-electron chi connectivity index (χ0n) is 13.5. The second-order valence-corrected chi connectivity index (χ2v) is 5.98. The van der Waals surface area contributed by atoms with Crippen LogP contribution in [0, 0.1) is 0 Å². The van der Waals surface area contributed by atoms with E-state index in [1.165, 1.54) is 7.05 Å². The van der Waals surface area contributed by atoms with Gasteiger partial charge in [-0.25, -0.2) is 8.78 Å². The van der Waals surface area contributed by atoms with Gasteiger partial charge in [0, 0.05) is 51.0 Å². The van der Waals surface area contributed by atoms with Gasteiger partial charge in [0.05, 0.1) is 0 Å². The molecule has 2 rings (SSSR count). The lowest BCUT2D eigenvalue weighted by Crippen LogP contribution is -2.52. The molecule has 1 fully saturated rings. The van der Waals surface area contributed by atoms with Gasteiger partial charge in [-0.2, -0.15) is 8.78 Å². The van der Waals surface area contributed by atoms with Gasteiger partial charge in [-0.05, 0) is 25.0 Å². The third kappa shape index (κ3) is 4.43. The van der Waals surface area contributed by atoms with E-state index in [9.17, 15) is 22.4 Å². The van der Waals surface area contributed by atoms with Gasteiger partial charge in [0.2, 0.25) is 0 Å². The first-order valence-electron chi connectivity index (χ1n) is 7.88. The van der Waals surface area contributed by atoms with Crippen molar-refractivity contribution in [2.45, 2.75) is 37.7 Å². The summed E-state index contributed by atoms with van der Waals surface area (Å²) in [6.07, 6.45) is -0.492. The first-order chi connectivity index (χ1) is 11.3. The van der Waals surface area contributed by atoms with Gasteiger partial charge in [0.25, 0.3) is 5.91 Å². The van der Waals surface area contributed by atoms with E-state index < -0.39 is 24.3 Å². The molecule has 0 unspecified atom stereocenters. The number of piperidine rings is 1. The van der Waals surface area contributed by atoms with Crippen LogP contribution < -0.4 is 0 Å². The van der Waals surface area contributed by atoms with Gasteiger partial charge in [-0.15, -0.1) is 0 Å². The highest BCUT2D eigenvalue weighted by atomic mass is 19.3. The second kappa shape index (κ2) is 7.92. The fourth-order valence-corrected chi connectivity index (χ4v) is 2.84. The minimum absolute atomic E-state index is 0.437. The predicted octanol–water partition coefficient (Wildman–Crippen LogP) is 2.45. The van der Waals surface area contributed by atoms with Gasteiger partial charge in [-0.3, -0.25) is 9.78 Å². The summed E-state index contributed by atoms with van der Waals surface area (Å²) < 4.78 is 50.9. The van der Waals surface area contributed by atoms with Crippen LogP contribution in [0.2, 0.25) is 0 Å². The molecule has 0 aromatic carbocycles. The molecule has 24 heavy (non-hydrogen) atoms. The molecule has 4 nitrogen and oxygen atoms in total. The largest absolute Gasteiger partial charge is 0.383 e. The molecular formula is C16H21F4N3O. The van der Waals surface area contributed by atoms with Crippen LogP contribution in [0.5, 0.6) is 0 Å². The highest BCUT2D eigenvalue weighted by molar-refractivity contribution is 5.84. The molecule has 0 aliphatic carbocycles. The van der Waals surface area contributed by atoms with Crippen LogP contribution in [-0.4, -0.2) is 65.8 Å². The number of rotatable bonds is 6. The number of amides is 1. The minimum atomic E-state index is -4.62. The number of likely N-dealkylation sites (tertiary alicyclic amines) is 1. The Bertz CT molecular complexity index is 533. The maximum Gasteiger partial charge on any atom is 0.383 e. The molecule has 0 atom stereocenters. The van der Waals surface area contributed by atoms with Crippen molar-refractivity contribution in [3.05, 3.63) is 30.1 Å². The summed E-state index contributed by atoms with van der Waals surface area (Å²) in [6.45, 7) is 2.05. The summed E-state index contributed by atoms with van der Waals surface area (Å²) in [5.74, 6) is -6.42. The van der Waals surface area contributed by atoms with Crippen molar-refractivity contribution in [2.24, 2.45) is 0 Å². The van der Waals surface area contributed by atoms with Crippen molar-refractivity contribution in [1.82, 2.24) is 14.8 Å². The van der Waals surface area contributed by atoms with Crippen LogP contribution in [0.25, 0.3) is 0 Å². The standard InChI is InChI=1S/C16H21F4N3O/c1-22(15(24)16(19,20)14(17)18)13-6-10-23(11-7-13)9-5-12-4-2-3-8-21-12/h2-4,8,13-14H,5-7,9-11H2,1H3. The fraction of sp³-hybridized carbons (Fsp3) is 0.625. The Hall–Kier alpha value is -1.70. The van der Waals surface area contributed by atoms with Gasteiger partial charge < -0.3 is 9.80 Å². The van der Waals surface area contributed by atoms with Crippen LogP contribution in [0.15, 0.2) is 24.4 Å². The van der Waals surface area contributed by atoms with Crippen molar-refractivity contribution < 1.29 is 22.4 Å². The monoisotopic (exact) mass is 347 g/mol. The highest BCUT2D eigenvalue weighted by Gasteiger charge is 2.51. The van der Waals surface area contributed by atoms with Crippen molar-refractivity contribution in [2.75, 3.05) is 26.7 Å². The lowest BCUT2D eigenvalue weighted by molar-refractivity contribution is -0.182. The molecule has 1 saturated heterocycles. The molecule has 1 amide bonds. The number of carbonyl (C=O) groups excluding carboxylic acids is 1. The zero-order valence-corrected chi connectivity index (χ0v) is 13.5. The third-order valence-corrected chi connectivity index (χ3v) is 4.39. The molecule has 2 heterocycles. The molecule has 1 aliphatic heterocycles. The Labute approximate surface area is 138 Å². The average Bonchev–Trinajstić information content (AvgIpc) is 2.60.